The molecule has 1 aromatic rings. The summed E-state index contributed by atoms with van der Waals surface area (Å²) in [6, 6.07) is 10.6. The number of hydrogen-bond acceptors (Lipinski definition) is 3. The molecule has 19 heavy (non-hydrogen) atoms. The molecule has 1 amide bonds. The SMILES string of the molecule is CC(=O)NCCN1CCN(Cc2ccccc2)CC1. The molecule has 0 aliphatic carbocycles. The minimum Gasteiger partial charge on any atom is -0.355 e. The van der Waals surface area contributed by atoms with Crippen LogP contribution >= 0.6 is 0 Å². The van der Waals surface area contributed by atoms with Crippen molar-refractivity contribution in [2.45, 2.75) is 13.5 Å². The first kappa shape index (κ1) is 14.0. The molecular formula is C15H23N3O. The molecule has 0 aromatic heterocycles. The number of nitrogens with zero attached hydrogens (tertiary/aromatic N) is 2. The minimum absolute atomic E-state index is 0.0581. The highest BCUT2D eigenvalue weighted by atomic mass is 16.1. The summed E-state index contributed by atoms with van der Waals surface area (Å²) in [7, 11) is 0. The van der Waals surface area contributed by atoms with E-state index in [0.29, 0.717) is 0 Å². The van der Waals surface area contributed by atoms with Crippen molar-refractivity contribution in [2.75, 3.05) is 39.3 Å². The van der Waals surface area contributed by atoms with Gasteiger partial charge in [0.1, 0.15) is 0 Å². The van der Waals surface area contributed by atoms with Crippen molar-refractivity contribution in [3.63, 3.8) is 0 Å². The van der Waals surface area contributed by atoms with E-state index in [0.717, 1.165) is 45.8 Å². The molecule has 0 radical (unpaired) electrons. The van der Waals surface area contributed by atoms with Crippen LogP contribution in [-0.4, -0.2) is 55.0 Å². The van der Waals surface area contributed by atoms with E-state index in [1.54, 1.807) is 6.92 Å². The van der Waals surface area contributed by atoms with Gasteiger partial charge in [0.15, 0.2) is 0 Å². The van der Waals surface area contributed by atoms with Gasteiger partial charge < -0.3 is 5.32 Å². The van der Waals surface area contributed by atoms with Crippen molar-refractivity contribution in [3.8, 4) is 0 Å². The molecule has 1 aromatic carbocycles. The fourth-order valence-corrected chi connectivity index (χ4v) is 2.40. The van der Waals surface area contributed by atoms with Crippen LogP contribution in [0.5, 0.6) is 0 Å². The second-order valence-electron chi connectivity index (χ2n) is 5.09. The number of carbonyl (C=O) groups is 1. The molecule has 1 aliphatic rings. The molecule has 1 heterocycles. The maximum atomic E-state index is 10.8. The lowest BCUT2D eigenvalue weighted by Gasteiger charge is -2.34. The molecule has 1 saturated heterocycles. The quantitative estimate of drug-likeness (QED) is 0.857. The van der Waals surface area contributed by atoms with Crippen LogP contribution in [0.2, 0.25) is 0 Å². The van der Waals surface area contributed by atoms with Gasteiger partial charge in [0.2, 0.25) is 5.91 Å². The summed E-state index contributed by atoms with van der Waals surface area (Å²) in [4.78, 5) is 15.7. The first-order valence-electron chi connectivity index (χ1n) is 6.97. The molecule has 2 rings (SSSR count). The van der Waals surface area contributed by atoms with Crippen molar-refractivity contribution in [1.29, 1.82) is 0 Å². The molecule has 1 aliphatic heterocycles. The molecule has 1 fully saturated rings. The molecule has 104 valence electrons. The van der Waals surface area contributed by atoms with Gasteiger partial charge in [-0.15, -0.1) is 0 Å². The van der Waals surface area contributed by atoms with E-state index in [-0.39, 0.29) is 5.91 Å². The summed E-state index contributed by atoms with van der Waals surface area (Å²) in [6.45, 7) is 8.72. The van der Waals surface area contributed by atoms with E-state index in [1.807, 2.05) is 0 Å². The lowest BCUT2D eigenvalue weighted by atomic mass is 10.2. The van der Waals surface area contributed by atoms with Gasteiger partial charge in [-0.2, -0.15) is 0 Å². The van der Waals surface area contributed by atoms with Gasteiger partial charge >= 0.3 is 0 Å². The average Bonchev–Trinajstić information content (AvgIpc) is 2.42. The van der Waals surface area contributed by atoms with Gasteiger partial charge in [-0.1, -0.05) is 30.3 Å². The lowest BCUT2D eigenvalue weighted by Crippen LogP contribution is -2.47. The highest BCUT2D eigenvalue weighted by Crippen LogP contribution is 2.07. The fourth-order valence-electron chi connectivity index (χ4n) is 2.40. The maximum absolute atomic E-state index is 10.8. The Bertz CT molecular complexity index is 386. The van der Waals surface area contributed by atoms with Crippen LogP contribution < -0.4 is 5.32 Å². The first-order valence-corrected chi connectivity index (χ1v) is 6.97. The smallest absolute Gasteiger partial charge is 0.216 e. The van der Waals surface area contributed by atoms with E-state index in [9.17, 15) is 4.79 Å². The molecule has 0 spiro atoms. The standard InChI is InChI=1S/C15H23N3O/c1-14(19)16-7-8-17-9-11-18(12-10-17)13-15-5-3-2-4-6-15/h2-6H,7-13H2,1H3,(H,16,19). The van der Waals surface area contributed by atoms with Crippen LogP contribution in [-0.2, 0) is 11.3 Å². The van der Waals surface area contributed by atoms with E-state index in [1.165, 1.54) is 5.56 Å². The Morgan fingerprint density at radius 1 is 1.11 bits per heavy atom. The van der Waals surface area contributed by atoms with Gasteiger partial charge in [0.05, 0.1) is 0 Å². The Labute approximate surface area is 115 Å². The summed E-state index contributed by atoms with van der Waals surface area (Å²) in [5.74, 6) is 0.0581. The van der Waals surface area contributed by atoms with Gasteiger partial charge in [-0.25, -0.2) is 0 Å². The largest absolute Gasteiger partial charge is 0.355 e. The van der Waals surface area contributed by atoms with Crippen molar-refractivity contribution in [1.82, 2.24) is 15.1 Å². The summed E-state index contributed by atoms with van der Waals surface area (Å²) in [5, 5.41) is 2.85. The Hall–Kier alpha value is -1.39. The monoisotopic (exact) mass is 261 g/mol. The fraction of sp³-hybridized carbons (Fsp3) is 0.533. The second kappa shape index (κ2) is 7.26. The van der Waals surface area contributed by atoms with Crippen LogP contribution in [0.25, 0.3) is 0 Å². The Morgan fingerprint density at radius 3 is 2.37 bits per heavy atom. The van der Waals surface area contributed by atoms with Crippen molar-refractivity contribution >= 4 is 5.91 Å². The van der Waals surface area contributed by atoms with E-state index >= 15 is 0 Å². The third-order valence-electron chi connectivity index (χ3n) is 3.52. The van der Waals surface area contributed by atoms with E-state index in [2.05, 4.69) is 45.4 Å². The van der Waals surface area contributed by atoms with Crippen molar-refractivity contribution in [3.05, 3.63) is 35.9 Å². The number of piperazine rings is 1. The summed E-state index contributed by atoms with van der Waals surface area (Å²) in [5.41, 5.74) is 1.38. The molecule has 0 saturated carbocycles. The zero-order valence-corrected chi connectivity index (χ0v) is 11.6. The molecule has 1 N–H and O–H groups in total. The molecule has 4 nitrogen and oxygen atoms in total. The third-order valence-corrected chi connectivity index (χ3v) is 3.52. The summed E-state index contributed by atoms with van der Waals surface area (Å²) >= 11 is 0. The van der Waals surface area contributed by atoms with Gasteiger partial charge in [0, 0.05) is 52.7 Å². The molecule has 4 heteroatoms. The summed E-state index contributed by atoms with van der Waals surface area (Å²) in [6.07, 6.45) is 0. The lowest BCUT2D eigenvalue weighted by molar-refractivity contribution is -0.119. The predicted molar refractivity (Wildman–Crippen MR) is 76.8 cm³/mol. The first-order chi connectivity index (χ1) is 9.24. The molecule has 0 bridgehead atoms. The number of amides is 1. The zero-order valence-electron chi connectivity index (χ0n) is 11.6. The predicted octanol–water partition coefficient (Wildman–Crippen LogP) is 0.940. The van der Waals surface area contributed by atoms with Crippen LogP contribution in [0.3, 0.4) is 0 Å². The molecule has 0 atom stereocenters. The Kier molecular flexibility index (Phi) is 5.36. The zero-order chi connectivity index (χ0) is 13.5. The second-order valence-corrected chi connectivity index (χ2v) is 5.09. The van der Waals surface area contributed by atoms with Crippen LogP contribution in [0.15, 0.2) is 30.3 Å². The Morgan fingerprint density at radius 2 is 1.74 bits per heavy atom. The average molecular weight is 261 g/mol. The van der Waals surface area contributed by atoms with Crippen molar-refractivity contribution in [2.24, 2.45) is 0 Å². The third kappa shape index (κ3) is 5.01. The minimum atomic E-state index is 0.0581. The molecular weight excluding hydrogens is 238 g/mol. The normalized spacial score (nSPS) is 17.3. The number of rotatable bonds is 5. The van der Waals surface area contributed by atoms with Crippen LogP contribution in [0.1, 0.15) is 12.5 Å². The van der Waals surface area contributed by atoms with E-state index in [4.69, 9.17) is 0 Å². The highest BCUT2D eigenvalue weighted by molar-refractivity contribution is 5.72. The molecule has 0 unspecified atom stereocenters. The number of benzene rings is 1. The van der Waals surface area contributed by atoms with Crippen LogP contribution in [0, 0.1) is 0 Å². The number of nitrogens with one attached hydrogen (secondary N) is 1. The maximum Gasteiger partial charge on any atom is 0.216 e. The van der Waals surface area contributed by atoms with Gasteiger partial charge in [-0.3, -0.25) is 14.6 Å². The van der Waals surface area contributed by atoms with Crippen molar-refractivity contribution < 1.29 is 4.79 Å². The number of hydrogen-bond donors (Lipinski definition) is 1. The number of carbonyl (C=O) groups excluding carboxylic acids is 1. The van der Waals surface area contributed by atoms with E-state index < -0.39 is 0 Å². The van der Waals surface area contributed by atoms with Gasteiger partial charge in [-0.05, 0) is 5.56 Å². The van der Waals surface area contributed by atoms with Gasteiger partial charge in [0.25, 0.3) is 0 Å². The topological polar surface area (TPSA) is 35.6 Å². The Balaban J connectivity index is 1.66. The summed E-state index contributed by atoms with van der Waals surface area (Å²) < 4.78 is 0. The van der Waals surface area contributed by atoms with Crippen LogP contribution in [0.4, 0.5) is 0 Å². The highest BCUT2D eigenvalue weighted by Gasteiger charge is 2.16.